The smallest absolute Gasteiger partial charge is 0.121 e. The molecular weight excluding hydrogens is 275 g/mol. The van der Waals surface area contributed by atoms with Gasteiger partial charge in [0.1, 0.15) is 5.75 Å². The lowest BCUT2D eigenvalue weighted by Gasteiger charge is -2.10. The fraction of sp³-hybridized carbons (Fsp3) is 0.273. The molecule has 13 heavy (non-hydrogen) atoms. The Hall–Kier alpha value is -0.510. The van der Waals surface area contributed by atoms with Crippen molar-refractivity contribution in [2.45, 2.75) is 20.0 Å². The van der Waals surface area contributed by atoms with Crippen molar-refractivity contribution in [3.8, 4) is 5.75 Å². The van der Waals surface area contributed by atoms with Gasteiger partial charge in [-0.15, -0.1) is 0 Å². The lowest BCUT2D eigenvalue weighted by Crippen LogP contribution is -2.05. The van der Waals surface area contributed by atoms with Crippen LogP contribution in [0.15, 0.2) is 24.8 Å². The van der Waals surface area contributed by atoms with E-state index in [1.807, 2.05) is 32.0 Å². The largest absolute Gasteiger partial charge is 0.491 e. The zero-order valence-electron chi connectivity index (χ0n) is 7.80. The third kappa shape index (κ3) is 3.38. The van der Waals surface area contributed by atoms with Crippen molar-refractivity contribution in [3.63, 3.8) is 0 Å². The van der Waals surface area contributed by atoms with Gasteiger partial charge in [0.15, 0.2) is 0 Å². The molecule has 0 spiro atoms. The highest BCUT2D eigenvalue weighted by Crippen LogP contribution is 2.19. The van der Waals surface area contributed by atoms with E-state index in [4.69, 9.17) is 4.74 Å². The van der Waals surface area contributed by atoms with E-state index in [0.717, 1.165) is 14.9 Å². The molecule has 0 bridgehead atoms. The molecule has 0 aliphatic heterocycles. The zero-order valence-corrected chi connectivity index (χ0v) is 9.96. The molecule has 0 fully saturated rings. The number of halogens is 1. The van der Waals surface area contributed by atoms with E-state index in [0.29, 0.717) is 0 Å². The fourth-order valence-corrected chi connectivity index (χ4v) is 1.65. The summed E-state index contributed by atoms with van der Waals surface area (Å²) in [6.07, 6.45) is 3.05. The minimum Gasteiger partial charge on any atom is -0.491 e. The Morgan fingerprint density at radius 2 is 2.08 bits per heavy atom. The van der Waals surface area contributed by atoms with Crippen molar-refractivity contribution >= 4 is 22.6 Å². The van der Waals surface area contributed by atoms with Gasteiger partial charge in [0.2, 0.25) is 0 Å². The van der Waals surface area contributed by atoms with E-state index in [1.54, 1.807) is 0 Å². The van der Waals surface area contributed by atoms with Gasteiger partial charge in [0, 0.05) is 3.57 Å². The highest BCUT2D eigenvalue weighted by Gasteiger charge is 2.00. The summed E-state index contributed by atoms with van der Waals surface area (Å²) in [4.78, 5) is 0. The molecule has 1 radical (unpaired) electrons. The number of rotatable bonds is 3. The second-order valence-electron chi connectivity index (χ2n) is 3.02. The van der Waals surface area contributed by atoms with E-state index in [2.05, 4.69) is 35.2 Å². The van der Waals surface area contributed by atoms with Crippen LogP contribution in [0.5, 0.6) is 5.75 Å². The predicted octanol–water partition coefficient (Wildman–Crippen LogP) is 3.42. The van der Waals surface area contributed by atoms with Crippen LogP contribution in [0.4, 0.5) is 0 Å². The molecule has 0 atom stereocenters. The molecule has 0 saturated carbocycles. The van der Waals surface area contributed by atoms with E-state index < -0.39 is 0 Å². The topological polar surface area (TPSA) is 9.23 Å². The molecule has 1 rings (SSSR count). The van der Waals surface area contributed by atoms with Crippen LogP contribution < -0.4 is 4.74 Å². The lowest BCUT2D eigenvalue weighted by atomic mass is 10.2. The van der Waals surface area contributed by atoms with Gasteiger partial charge in [-0.1, -0.05) is 6.58 Å². The van der Waals surface area contributed by atoms with Crippen LogP contribution in [0.1, 0.15) is 19.4 Å². The maximum atomic E-state index is 5.56. The molecule has 0 aliphatic carbocycles. The van der Waals surface area contributed by atoms with Crippen molar-refractivity contribution in [2.75, 3.05) is 0 Å². The summed E-state index contributed by atoms with van der Waals surface area (Å²) in [5, 5.41) is 0. The molecule has 0 aromatic heterocycles. The lowest BCUT2D eigenvalue weighted by molar-refractivity contribution is 0.242. The molecule has 0 aliphatic rings. The van der Waals surface area contributed by atoms with E-state index in [-0.39, 0.29) is 6.10 Å². The van der Waals surface area contributed by atoms with Crippen molar-refractivity contribution < 1.29 is 4.74 Å². The van der Waals surface area contributed by atoms with Gasteiger partial charge in [-0.25, -0.2) is 0 Å². The molecule has 0 saturated heterocycles. The number of benzene rings is 1. The Kier molecular flexibility index (Phi) is 3.78. The third-order valence-corrected chi connectivity index (χ3v) is 2.07. The van der Waals surface area contributed by atoms with Crippen molar-refractivity contribution in [1.82, 2.24) is 0 Å². The molecule has 0 N–H and O–H groups in total. The first kappa shape index (κ1) is 10.6. The van der Waals surface area contributed by atoms with Crippen LogP contribution in [-0.4, -0.2) is 6.10 Å². The monoisotopic (exact) mass is 287 g/mol. The van der Waals surface area contributed by atoms with Crippen LogP contribution in [0.3, 0.4) is 0 Å². The number of ether oxygens (including phenoxy) is 1. The zero-order chi connectivity index (χ0) is 9.84. The summed E-state index contributed by atoms with van der Waals surface area (Å²) >= 11 is 2.25. The first-order chi connectivity index (χ1) is 6.11. The first-order valence-corrected chi connectivity index (χ1v) is 5.20. The third-order valence-electron chi connectivity index (χ3n) is 1.45. The Morgan fingerprint density at radius 3 is 2.62 bits per heavy atom. The van der Waals surface area contributed by atoms with Gasteiger partial charge in [0.25, 0.3) is 0 Å². The Balaban J connectivity index is 2.94. The van der Waals surface area contributed by atoms with Crippen LogP contribution in [-0.2, 0) is 0 Å². The average molecular weight is 287 g/mol. The van der Waals surface area contributed by atoms with Gasteiger partial charge in [-0.05, 0) is 66.3 Å². The molecule has 0 unspecified atom stereocenters. The maximum Gasteiger partial charge on any atom is 0.121 e. The molecule has 0 amide bonds. The summed E-state index contributed by atoms with van der Waals surface area (Å²) < 4.78 is 6.71. The summed E-state index contributed by atoms with van der Waals surface area (Å²) in [6, 6.07) is 5.96. The van der Waals surface area contributed by atoms with E-state index >= 15 is 0 Å². The highest BCUT2D eigenvalue weighted by molar-refractivity contribution is 14.1. The maximum absolute atomic E-state index is 5.56. The van der Waals surface area contributed by atoms with Gasteiger partial charge in [0.05, 0.1) is 6.10 Å². The molecule has 0 heterocycles. The number of hydrogen-bond donors (Lipinski definition) is 0. The molecule has 1 aromatic rings. The van der Waals surface area contributed by atoms with E-state index in [1.165, 1.54) is 0 Å². The van der Waals surface area contributed by atoms with Gasteiger partial charge in [-0.2, -0.15) is 0 Å². The van der Waals surface area contributed by atoms with Crippen molar-refractivity contribution in [1.29, 1.82) is 0 Å². The van der Waals surface area contributed by atoms with Crippen molar-refractivity contribution in [2.24, 2.45) is 0 Å². The molecular formula is C11H12IO. The molecule has 1 nitrogen and oxygen atoms in total. The Bertz CT molecular complexity index is 305. The second kappa shape index (κ2) is 4.65. The highest BCUT2D eigenvalue weighted by atomic mass is 127. The minimum absolute atomic E-state index is 0.205. The van der Waals surface area contributed by atoms with Gasteiger partial charge < -0.3 is 4.74 Å². The quantitative estimate of drug-likeness (QED) is 0.774. The SMILES string of the molecule is C=[C]c1cc(I)cc(OC(C)C)c1. The predicted molar refractivity (Wildman–Crippen MR) is 62.9 cm³/mol. The standard InChI is InChI=1S/C11H12IO/c1-4-9-5-10(12)7-11(6-9)13-8(2)3/h5-8H,1H2,2-3H3. The first-order valence-electron chi connectivity index (χ1n) is 4.12. The normalized spacial score (nSPS) is 10.2. The average Bonchev–Trinajstić information content (AvgIpc) is 2.01. The summed E-state index contributed by atoms with van der Waals surface area (Å²) in [7, 11) is 0. The minimum atomic E-state index is 0.205. The number of hydrogen-bond acceptors (Lipinski definition) is 1. The van der Waals surface area contributed by atoms with Crippen LogP contribution >= 0.6 is 22.6 Å². The summed E-state index contributed by atoms with van der Waals surface area (Å²) in [5.41, 5.74) is 0.975. The van der Waals surface area contributed by atoms with Gasteiger partial charge in [-0.3, -0.25) is 0 Å². The van der Waals surface area contributed by atoms with Crippen molar-refractivity contribution in [3.05, 3.63) is 40.0 Å². The van der Waals surface area contributed by atoms with Crippen LogP contribution in [0, 0.1) is 9.65 Å². The summed E-state index contributed by atoms with van der Waals surface area (Å²) in [6.45, 7) is 7.63. The van der Waals surface area contributed by atoms with E-state index in [9.17, 15) is 0 Å². The molecule has 1 aromatic carbocycles. The van der Waals surface area contributed by atoms with Gasteiger partial charge >= 0.3 is 0 Å². The molecule has 2 heteroatoms. The molecule has 69 valence electrons. The Labute approximate surface area is 92.9 Å². The second-order valence-corrected chi connectivity index (χ2v) is 4.26. The van der Waals surface area contributed by atoms with Crippen LogP contribution in [0.2, 0.25) is 0 Å². The fourth-order valence-electron chi connectivity index (χ4n) is 1.00. The Morgan fingerprint density at radius 1 is 1.38 bits per heavy atom. The van der Waals surface area contributed by atoms with Crippen LogP contribution in [0.25, 0.3) is 0 Å². The summed E-state index contributed by atoms with van der Waals surface area (Å²) in [5.74, 6) is 0.882.